The summed E-state index contributed by atoms with van der Waals surface area (Å²) in [5.41, 5.74) is 8.58. The van der Waals surface area contributed by atoms with E-state index in [1.165, 1.54) is 0 Å². The number of hydrogen-bond donors (Lipinski definition) is 3. The van der Waals surface area contributed by atoms with Crippen molar-refractivity contribution in [1.82, 2.24) is 10.6 Å². The number of amides is 1. The summed E-state index contributed by atoms with van der Waals surface area (Å²) >= 11 is 0. The summed E-state index contributed by atoms with van der Waals surface area (Å²) in [7, 11) is -2.08. The van der Waals surface area contributed by atoms with Crippen LogP contribution in [0.15, 0.2) is 54.6 Å². The third-order valence-electron chi connectivity index (χ3n) is 7.79. The van der Waals surface area contributed by atoms with Crippen LogP contribution in [0.2, 0.25) is 0 Å². The van der Waals surface area contributed by atoms with E-state index >= 15 is 0 Å². The molecule has 0 spiro atoms. The molecule has 0 saturated heterocycles. The van der Waals surface area contributed by atoms with E-state index in [0.29, 0.717) is 38.6 Å². The van der Waals surface area contributed by atoms with Crippen LogP contribution >= 0.6 is 0 Å². The smallest absolute Gasteiger partial charge is 0.330 e. The van der Waals surface area contributed by atoms with Gasteiger partial charge in [-0.05, 0) is 61.3 Å². The zero-order chi connectivity index (χ0) is 31.2. The average Bonchev–Trinajstić information content (AvgIpc) is 3.80. The highest BCUT2D eigenvalue weighted by molar-refractivity contribution is 7.92. The van der Waals surface area contributed by atoms with Gasteiger partial charge in [-0.25, -0.2) is 13.2 Å². The third-order valence-corrected chi connectivity index (χ3v) is 10.1. The van der Waals surface area contributed by atoms with Gasteiger partial charge in [-0.3, -0.25) is 4.79 Å². The lowest BCUT2D eigenvalue weighted by Crippen LogP contribution is -2.52. The summed E-state index contributed by atoms with van der Waals surface area (Å²) in [6.45, 7) is 4.60. The lowest BCUT2D eigenvalue weighted by Gasteiger charge is -2.28. The first-order chi connectivity index (χ1) is 20.6. The quantitative estimate of drug-likeness (QED) is 0.191. The van der Waals surface area contributed by atoms with E-state index in [4.69, 9.17) is 15.2 Å². The zero-order valence-electron chi connectivity index (χ0n) is 25.8. The number of hydrogen-bond acceptors (Lipinski definition) is 8. The van der Waals surface area contributed by atoms with Gasteiger partial charge in [0.25, 0.3) is 0 Å². The second-order valence-corrected chi connectivity index (χ2v) is 13.9. The van der Waals surface area contributed by atoms with Crippen molar-refractivity contribution < 1.29 is 27.5 Å². The summed E-state index contributed by atoms with van der Waals surface area (Å²) in [4.78, 5) is 26.5. The third kappa shape index (κ3) is 11.9. The molecule has 2 aromatic carbocycles. The number of nitrogens with two attached hydrogens (primary N) is 1. The van der Waals surface area contributed by atoms with Crippen LogP contribution < -0.4 is 21.1 Å². The van der Waals surface area contributed by atoms with Crippen LogP contribution in [0.4, 0.5) is 0 Å². The minimum Gasteiger partial charge on any atom is -0.497 e. The molecule has 9 nitrogen and oxygen atoms in total. The topological polar surface area (TPSA) is 137 Å². The highest BCUT2D eigenvalue weighted by Gasteiger charge is 2.36. The van der Waals surface area contributed by atoms with Crippen LogP contribution in [0, 0.1) is 5.92 Å². The van der Waals surface area contributed by atoms with Crippen molar-refractivity contribution in [1.29, 1.82) is 0 Å². The molecule has 1 amide bonds. The standard InChI is InChI=1S/C33H49N3O6S/c1-4-10-28(11-5-2)43(39,40)23-30(36-32(37)20-25-16-17-25)33(38)42-31(29(34)19-24-12-7-6-8-13-24)22-35-21-26-14-9-15-27(18-26)41-3/h6-9,12-15,18,25,28-31,35H,4-5,10-11,16-17,19-23,34H2,1-3H3,(H,36,37)/t29-,30-,31+/m0/s1. The molecule has 3 atom stereocenters. The van der Waals surface area contributed by atoms with Crippen LogP contribution in [0.25, 0.3) is 0 Å². The zero-order valence-corrected chi connectivity index (χ0v) is 26.6. The number of sulfone groups is 1. The lowest BCUT2D eigenvalue weighted by atomic mass is 10.0. The first-order valence-corrected chi connectivity index (χ1v) is 17.2. The Bertz CT molecular complexity index is 1250. The van der Waals surface area contributed by atoms with Crippen LogP contribution in [-0.4, -0.2) is 63.1 Å². The van der Waals surface area contributed by atoms with E-state index in [9.17, 15) is 18.0 Å². The number of ether oxygens (including phenoxy) is 2. The maximum absolute atomic E-state index is 13.7. The first kappa shape index (κ1) is 34.5. The number of benzene rings is 2. The molecule has 1 fully saturated rings. The molecule has 43 heavy (non-hydrogen) atoms. The Morgan fingerprint density at radius 1 is 1.00 bits per heavy atom. The molecule has 3 rings (SSSR count). The van der Waals surface area contributed by atoms with E-state index in [2.05, 4.69) is 10.6 Å². The number of nitrogens with one attached hydrogen (secondary N) is 2. The van der Waals surface area contributed by atoms with E-state index in [0.717, 1.165) is 29.7 Å². The predicted octanol–water partition coefficient (Wildman–Crippen LogP) is 3.94. The van der Waals surface area contributed by atoms with Crippen LogP contribution in [0.3, 0.4) is 0 Å². The Morgan fingerprint density at radius 2 is 1.67 bits per heavy atom. The van der Waals surface area contributed by atoms with Gasteiger partial charge in [0, 0.05) is 25.6 Å². The Kier molecular flexibility index (Phi) is 14.0. The first-order valence-electron chi connectivity index (χ1n) is 15.5. The molecule has 0 unspecified atom stereocenters. The monoisotopic (exact) mass is 615 g/mol. The fraction of sp³-hybridized carbons (Fsp3) is 0.576. The molecule has 1 aliphatic carbocycles. The lowest BCUT2D eigenvalue weighted by molar-refractivity contribution is -0.153. The highest BCUT2D eigenvalue weighted by atomic mass is 32.2. The van der Waals surface area contributed by atoms with Crippen molar-refractivity contribution in [3.63, 3.8) is 0 Å². The SMILES string of the molecule is CCCC(CCC)S(=O)(=O)C[C@H](NC(=O)CC1CC1)C(=O)O[C@H](CNCc1cccc(OC)c1)[C@@H](N)Cc1ccccc1. The van der Waals surface area contributed by atoms with E-state index in [1.54, 1.807) is 7.11 Å². The molecule has 238 valence electrons. The fourth-order valence-corrected chi connectivity index (χ4v) is 7.34. The van der Waals surface area contributed by atoms with E-state index in [1.807, 2.05) is 68.4 Å². The number of methoxy groups -OCH3 is 1. The molecule has 4 N–H and O–H groups in total. The minimum absolute atomic E-state index is 0.237. The maximum Gasteiger partial charge on any atom is 0.330 e. The number of esters is 1. The van der Waals surface area contributed by atoms with Gasteiger partial charge in [0.15, 0.2) is 9.84 Å². The normalized spacial score (nSPS) is 15.5. The maximum atomic E-state index is 13.7. The van der Waals surface area contributed by atoms with Gasteiger partial charge in [0.1, 0.15) is 17.9 Å². The Labute approximate surface area is 257 Å². The van der Waals surface area contributed by atoms with E-state index < -0.39 is 45.0 Å². The van der Waals surface area contributed by atoms with Crippen molar-refractivity contribution in [3.8, 4) is 5.75 Å². The molecule has 0 heterocycles. The van der Waals surface area contributed by atoms with Gasteiger partial charge in [-0.1, -0.05) is 69.2 Å². The van der Waals surface area contributed by atoms with Gasteiger partial charge >= 0.3 is 5.97 Å². The van der Waals surface area contributed by atoms with Crippen molar-refractivity contribution in [2.45, 2.75) is 95.2 Å². The summed E-state index contributed by atoms with van der Waals surface area (Å²) in [6.07, 6.45) is 4.31. The highest BCUT2D eigenvalue weighted by Crippen LogP contribution is 2.32. The minimum atomic E-state index is -3.69. The molecule has 1 saturated carbocycles. The van der Waals surface area contributed by atoms with Gasteiger partial charge < -0.3 is 25.8 Å². The van der Waals surface area contributed by atoms with Crippen molar-refractivity contribution in [2.75, 3.05) is 19.4 Å². The molecule has 0 radical (unpaired) electrons. The fourth-order valence-electron chi connectivity index (χ4n) is 5.19. The van der Waals surface area contributed by atoms with Crippen molar-refractivity contribution in [2.24, 2.45) is 11.7 Å². The van der Waals surface area contributed by atoms with E-state index in [-0.39, 0.29) is 24.8 Å². The van der Waals surface area contributed by atoms with Gasteiger partial charge in [-0.15, -0.1) is 0 Å². The number of carbonyl (C=O) groups is 2. The molecule has 10 heteroatoms. The number of rotatable bonds is 20. The second kappa shape index (κ2) is 17.4. The van der Waals surface area contributed by atoms with Gasteiger partial charge in [-0.2, -0.15) is 0 Å². The molecule has 2 aromatic rings. The molecular weight excluding hydrogens is 566 g/mol. The summed E-state index contributed by atoms with van der Waals surface area (Å²) in [5.74, 6) is -0.586. The molecular formula is C33H49N3O6S. The Hall–Kier alpha value is -2.95. The van der Waals surface area contributed by atoms with Crippen LogP contribution in [0.1, 0.15) is 69.9 Å². The second-order valence-electron chi connectivity index (χ2n) is 11.6. The summed E-state index contributed by atoms with van der Waals surface area (Å²) < 4.78 is 38.2. The average molecular weight is 616 g/mol. The molecule has 0 aliphatic heterocycles. The Morgan fingerprint density at radius 3 is 2.30 bits per heavy atom. The molecule has 0 bridgehead atoms. The summed E-state index contributed by atoms with van der Waals surface area (Å²) in [6, 6.07) is 15.4. The molecule has 0 aromatic heterocycles. The molecule has 1 aliphatic rings. The predicted molar refractivity (Wildman–Crippen MR) is 169 cm³/mol. The summed E-state index contributed by atoms with van der Waals surface area (Å²) in [5, 5.41) is 5.45. The van der Waals surface area contributed by atoms with Gasteiger partial charge in [0.05, 0.1) is 18.1 Å². The van der Waals surface area contributed by atoms with Crippen LogP contribution in [0.5, 0.6) is 5.75 Å². The van der Waals surface area contributed by atoms with Crippen LogP contribution in [-0.2, 0) is 37.1 Å². The van der Waals surface area contributed by atoms with Crippen molar-refractivity contribution >= 4 is 21.7 Å². The largest absolute Gasteiger partial charge is 0.497 e. The van der Waals surface area contributed by atoms with Gasteiger partial charge in [0.2, 0.25) is 5.91 Å². The number of carbonyl (C=O) groups excluding carboxylic acids is 2. The Balaban J connectivity index is 1.78. The van der Waals surface area contributed by atoms with Crippen molar-refractivity contribution in [3.05, 3.63) is 65.7 Å².